The first-order valence-corrected chi connectivity index (χ1v) is 8.12. The van der Waals surface area contributed by atoms with Crippen molar-refractivity contribution in [3.63, 3.8) is 0 Å². The Kier molecular flexibility index (Phi) is 4.83. The van der Waals surface area contributed by atoms with Gasteiger partial charge < -0.3 is 13.8 Å². The van der Waals surface area contributed by atoms with E-state index in [1.807, 2.05) is 18.2 Å². The third-order valence-corrected chi connectivity index (χ3v) is 5.38. The van der Waals surface area contributed by atoms with Crippen LogP contribution >= 0.6 is 7.60 Å². The van der Waals surface area contributed by atoms with E-state index in [9.17, 15) is 9.36 Å². The standard InChI is InChI=1S/C14H18NO5P/c1-4-20-14(16)15-10-9-11-7-5-6-8-12(11)13(15)21(17,18-2)19-3/h5-10,13H,4H2,1-3H3. The summed E-state index contributed by atoms with van der Waals surface area (Å²) in [4.78, 5) is 13.4. The Morgan fingerprint density at radius 3 is 2.57 bits per heavy atom. The quantitative estimate of drug-likeness (QED) is 0.795. The monoisotopic (exact) mass is 311 g/mol. The summed E-state index contributed by atoms with van der Waals surface area (Å²) in [7, 11) is -0.948. The molecule has 114 valence electrons. The molecule has 1 aromatic rings. The van der Waals surface area contributed by atoms with E-state index in [1.54, 1.807) is 19.1 Å². The number of ether oxygens (including phenoxy) is 1. The molecule has 1 unspecified atom stereocenters. The highest BCUT2D eigenvalue weighted by molar-refractivity contribution is 7.54. The lowest BCUT2D eigenvalue weighted by Gasteiger charge is -2.35. The van der Waals surface area contributed by atoms with E-state index in [0.29, 0.717) is 5.56 Å². The molecule has 0 spiro atoms. The van der Waals surface area contributed by atoms with Gasteiger partial charge in [0.05, 0.1) is 6.61 Å². The number of fused-ring (bicyclic) bond motifs is 1. The number of rotatable bonds is 4. The summed E-state index contributed by atoms with van der Waals surface area (Å²) in [6.45, 7) is 1.93. The molecule has 0 saturated heterocycles. The fourth-order valence-electron chi connectivity index (χ4n) is 2.25. The van der Waals surface area contributed by atoms with Gasteiger partial charge in [-0.3, -0.25) is 9.46 Å². The summed E-state index contributed by atoms with van der Waals surface area (Å²) in [6.07, 6.45) is 2.70. The Hall–Kier alpha value is -1.62. The first kappa shape index (κ1) is 15.8. The van der Waals surface area contributed by atoms with Gasteiger partial charge in [-0.2, -0.15) is 0 Å². The molecule has 6 nitrogen and oxygen atoms in total. The zero-order valence-corrected chi connectivity index (χ0v) is 13.1. The van der Waals surface area contributed by atoms with Crippen LogP contribution in [0.15, 0.2) is 30.5 Å². The number of benzene rings is 1. The minimum Gasteiger partial charge on any atom is -0.449 e. The molecule has 1 atom stereocenters. The fraction of sp³-hybridized carbons (Fsp3) is 0.357. The highest BCUT2D eigenvalue weighted by Crippen LogP contribution is 2.62. The van der Waals surface area contributed by atoms with Crippen molar-refractivity contribution in [3.8, 4) is 0 Å². The topological polar surface area (TPSA) is 65.1 Å². The molecule has 0 N–H and O–H groups in total. The van der Waals surface area contributed by atoms with Crippen molar-refractivity contribution in [3.05, 3.63) is 41.6 Å². The van der Waals surface area contributed by atoms with Gasteiger partial charge in [0.2, 0.25) is 0 Å². The normalized spacial score (nSPS) is 17.5. The zero-order chi connectivity index (χ0) is 15.5. The lowest BCUT2D eigenvalue weighted by Crippen LogP contribution is -2.33. The van der Waals surface area contributed by atoms with Crippen LogP contribution < -0.4 is 0 Å². The lowest BCUT2D eigenvalue weighted by molar-refractivity contribution is 0.112. The predicted molar refractivity (Wildman–Crippen MR) is 78.7 cm³/mol. The largest absolute Gasteiger partial charge is 0.449 e. The van der Waals surface area contributed by atoms with Crippen molar-refractivity contribution in [1.82, 2.24) is 4.90 Å². The van der Waals surface area contributed by atoms with Gasteiger partial charge in [-0.15, -0.1) is 0 Å². The molecule has 0 aliphatic carbocycles. The Labute approximate surface area is 123 Å². The van der Waals surface area contributed by atoms with E-state index >= 15 is 0 Å². The molecule has 1 aliphatic heterocycles. The van der Waals surface area contributed by atoms with E-state index in [0.717, 1.165) is 5.56 Å². The molecule has 0 radical (unpaired) electrons. The second-order valence-corrected chi connectivity index (χ2v) is 6.63. The van der Waals surface area contributed by atoms with Crippen LogP contribution in [0.4, 0.5) is 4.79 Å². The molecule has 1 heterocycles. The molecule has 1 aromatic carbocycles. The van der Waals surface area contributed by atoms with Crippen LogP contribution in [0, 0.1) is 0 Å². The van der Waals surface area contributed by atoms with E-state index in [2.05, 4.69) is 0 Å². The molecule has 0 saturated carbocycles. The summed E-state index contributed by atoms with van der Waals surface area (Å²) in [6, 6.07) is 7.34. The number of hydrogen-bond acceptors (Lipinski definition) is 5. The van der Waals surface area contributed by atoms with Crippen LogP contribution in [0.1, 0.15) is 23.8 Å². The molecule has 7 heteroatoms. The third-order valence-electron chi connectivity index (χ3n) is 3.24. The molecule has 0 fully saturated rings. The number of hydrogen-bond donors (Lipinski definition) is 0. The Morgan fingerprint density at radius 1 is 1.29 bits per heavy atom. The molecule has 1 amide bonds. The minimum atomic E-state index is -3.55. The fourth-order valence-corrected chi connectivity index (χ4v) is 3.85. The average molecular weight is 311 g/mol. The second kappa shape index (κ2) is 6.43. The van der Waals surface area contributed by atoms with Gasteiger partial charge in [-0.25, -0.2) is 4.79 Å². The number of carbonyl (C=O) groups is 1. The SMILES string of the molecule is CCOC(=O)N1C=Cc2ccccc2C1P(=O)(OC)OC. The van der Waals surface area contributed by atoms with Crippen LogP contribution in [-0.2, 0) is 18.3 Å². The first-order chi connectivity index (χ1) is 10.1. The molecule has 21 heavy (non-hydrogen) atoms. The van der Waals surface area contributed by atoms with Gasteiger partial charge in [-0.1, -0.05) is 24.3 Å². The zero-order valence-electron chi connectivity index (χ0n) is 12.2. The van der Waals surface area contributed by atoms with Crippen LogP contribution in [0.5, 0.6) is 0 Å². The van der Waals surface area contributed by atoms with Gasteiger partial charge in [0.1, 0.15) is 0 Å². The van der Waals surface area contributed by atoms with Gasteiger partial charge in [0.15, 0.2) is 5.78 Å². The molecule has 1 aliphatic rings. The maximum absolute atomic E-state index is 12.9. The second-order valence-electron chi connectivity index (χ2n) is 4.33. The van der Waals surface area contributed by atoms with Crippen LogP contribution in [0.3, 0.4) is 0 Å². The van der Waals surface area contributed by atoms with Crippen molar-refractivity contribution in [2.24, 2.45) is 0 Å². The van der Waals surface area contributed by atoms with Crippen LogP contribution in [-0.4, -0.2) is 31.8 Å². The number of nitrogens with zero attached hydrogens (tertiary/aromatic N) is 1. The third kappa shape index (κ3) is 2.88. The van der Waals surface area contributed by atoms with Gasteiger partial charge in [0.25, 0.3) is 0 Å². The molecule has 0 aromatic heterocycles. The summed E-state index contributed by atoms with van der Waals surface area (Å²) in [5.74, 6) is -0.868. The predicted octanol–water partition coefficient (Wildman–Crippen LogP) is 3.61. The summed E-state index contributed by atoms with van der Waals surface area (Å²) in [5.41, 5.74) is 1.55. The van der Waals surface area contributed by atoms with Gasteiger partial charge >= 0.3 is 13.7 Å². The highest BCUT2D eigenvalue weighted by Gasteiger charge is 2.44. The highest BCUT2D eigenvalue weighted by atomic mass is 31.2. The average Bonchev–Trinajstić information content (AvgIpc) is 2.53. The van der Waals surface area contributed by atoms with E-state index in [4.69, 9.17) is 13.8 Å². The molecule has 0 bridgehead atoms. The van der Waals surface area contributed by atoms with Crippen molar-refractivity contribution in [2.45, 2.75) is 12.7 Å². The molecule has 2 rings (SSSR count). The molecular formula is C14H18NO5P. The number of carbonyl (C=O) groups excluding carboxylic acids is 1. The first-order valence-electron chi connectivity index (χ1n) is 6.50. The molecular weight excluding hydrogens is 293 g/mol. The minimum absolute atomic E-state index is 0.224. The van der Waals surface area contributed by atoms with Gasteiger partial charge in [-0.05, 0) is 24.1 Å². The Bertz CT molecular complexity index is 593. The van der Waals surface area contributed by atoms with E-state index in [-0.39, 0.29) is 6.61 Å². The van der Waals surface area contributed by atoms with Crippen molar-refractivity contribution >= 4 is 19.8 Å². The summed E-state index contributed by atoms with van der Waals surface area (Å²) in [5, 5.41) is 0. The Balaban J connectivity index is 2.53. The van der Waals surface area contributed by atoms with Crippen molar-refractivity contribution in [1.29, 1.82) is 0 Å². The van der Waals surface area contributed by atoms with Crippen molar-refractivity contribution in [2.75, 3.05) is 20.8 Å². The Morgan fingerprint density at radius 2 is 1.95 bits per heavy atom. The van der Waals surface area contributed by atoms with Crippen molar-refractivity contribution < 1.29 is 23.1 Å². The van der Waals surface area contributed by atoms with Gasteiger partial charge in [0, 0.05) is 20.4 Å². The maximum atomic E-state index is 12.9. The van der Waals surface area contributed by atoms with E-state index < -0.39 is 19.5 Å². The summed E-state index contributed by atoms with van der Waals surface area (Å²) < 4.78 is 28.1. The van der Waals surface area contributed by atoms with E-state index in [1.165, 1.54) is 25.3 Å². The summed E-state index contributed by atoms with van der Waals surface area (Å²) >= 11 is 0. The van der Waals surface area contributed by atoms with Crippen LogP contribution in [0.25, 0.3) is 6.08 Å². The lowest BCUT2D eigenvalue weighted by atomic mass is 10.0. The smallest absolute Gasteiger partial charge is 0.414 e. The number of amides is 1. The maximum Gasteiger partial charge on any atom is 0.414 e. The van der Waals surface area contributed by atoms with Crippen LogP contribution in [0.2, 0.25) is 0 Å².